The van der Waals surface area contributed by atoms with Gasteiger partial charge in [-0.05, 0) is 35.7 Å². The first-order chi connectivity index (χ1) is 12.8. The molecule has 3 aromatic rings. The van der Waals surface area contributed by atoms with Crippen molar-refractivity contribution in [2.24, 2.45) is 0 Å². The molecule has 0 saturated heterocycles. The third-order valence-corrected chi connectivity index (χ3v) is 4.70. The van der Waals surface area contributed by atoms with Gasteiger partial charge in [-0.2, -0.15) is 5.10 Å². The number of nitrogens with one attached hydrogen (secondary N) is 2. The number of H-pyrrole nitrogens is 1. The van der Waals surface area contributed by atoms with Crippen molar-refractivity contribution in [3.05, 3.63) is 71.7 Å². The first-order valence-corrected chi connectivity index (χ1v) is 8.83. The number of carbonyl (C=O) groups excluding carboxylic acids is 1. The third-order valence-electron chi connectivity index (χ3n) is 4.70. The van der Waals surface area contributed by atoms with E-state index in [1.165, 1.54) is 11.1 Å². The second-order valence-corrected chi connectivity index (χ2v) is 6.46. The summed E-state index contributed by atoms with van der Waals surface area (Å²) >= 11 is 0. The van der Waals surface area contributed by atoms with E-state index < -0.39 is 0 Å². The summed E-state index contributed by atoms with van der Waals surface area (Å²) in [6.45, 7) is 3.43. The molecule has 6 heteroatoms. The number of hydrogen-bond acceptors (Lipinski definition) is 4. The number of rotatable bonds is 5. The maximum absolute atomic E-state index is 12.3. The van der Waals surface area contributed by atoms with Crippen molar-refractivity contribution in [3.8, 4) is 11.3 Å². The molecule has 3 heterocycles. The molecular formula is C20H21N5O. The first-order valence-electron chi connectivity index (χ1n) is 8.83. The number of pyridine rings is 1. The Kier molecular flexibility index (Phi) is 4.75. The zero-order valence-electron chi connectivity index (χ0n) is 14.5. The minimum Gasteiger partial charge on any atom is -0.349 e. The Labute approximate surface area is 152 Å². The maximum Gasteiger partial charge on any atom is 0.269 e. The lowest BCUT2D eigenvalue weighted by Gasteiger charge is -2.28. The molecule has 132 valence electrons. The zero-order chi connectivity index (χ0) is 17.8. The van der Waals surface area contributed by atoms with Crippen LogP contribution >= 0.6 is 0 Å². The van der Waals surface area contributed by atoms with Gasteiger partial charge in [-0.15, -0.1) is 0 Å². The second kappa shape index (κ2) is 7.49. The van der Waals surface area contributed by atoms with Gasteiger partial charge in [0, 0.05) is 44.1 Å². The molecule has 0 spiro atoms. The second-order valence-electron chi connectivity index (χ2n) is 6.46. The number of aromatic nitrogens is 3. The predicted octanol–water partition coefficient (Wildman–Crippen LogP) is 2.26. The Morgan fingerprint density at radius 2 is 2.08 bits per heavy atom. The van der Waals surface area contributed by atoms with E-state index in [4.69, 9.17) is 0 Å². The van der Waals surface area contributed by atoms with Gasteiger partial charge in [0.2, 0.25) is 0 Å². The first kappa shape index (κ1) is 16.5. The van der Waals surface area contributed by atoms with Crippen LogP contribution in [0.15, 0.2) is 54.9 Å². The fourth-order valence-electron chi connectivity index (χ4n) is 3.27. The van der Waals surface area contributed by atoms with E-state index in [1.54, 1.807) is 18.5 Å². The van der Waals surface area contributed by atoms with Crippen LogP contribution in [0.25, 0.3) is 11.3 Å². The SMILES string of the molecule is O=C(NCCN1CCc2ccccc2C1)c1cc(-c2cccnc2)n[nH]1. The van der Waals surface area contributed by atoms with E-state index in [-0.39, 0.29) is 5.91 Å². The Morgan fingerprint density at radius 3 is 2.92 bits per heavy atom. The number of hydrogen-bond donors (Lipinski definition) is 2. The van der Waals surface area contributed by atoms with Crippen LogP contribution in [0, 0.1) is 0 Å². The van der Waals surface area contributed by atoms with Gasteiger partial charge in [0.05, 0.1) is 5.69 Å². The minimum absolute atomic E-state index is 0.134. The monoisotopic (exact) mass is 347 g/mol. The molecule has 1 aliphatic rings. The number of amides is 1. The Bertz CT molecular complexity index is 890. The molecule has 1 aromatic carbocycles. The minimum atomic E-state index is -0.134. The molecule has 0 bridgehead atoms. The summed E-state index contributed by atoms with van der Waals surface area (Å²) in [7, 11) is 0. The van der Waals surface area contributed by atoms with Crippen LogP contribution in [0.4, 0.5) is 0 Å². The summed E-state index contributed by atoms with van der Waals surface area (Å²) in [5.41, 5.74) is 4.89. The molecule has 0 radical (unpaired) electrons. The van der Waals surface area contributed by atoms with Crippen molar-refractivity contribution in [1.29, 1.82) is 0 Å². The molecule has 2 aromatic heterocycles. The van der Waals surface area contributed by atoms with Gasteiger partial charge in [0.15, 0.2) is 0 Å². The van der Waals surface area contributed by atoms with Gasteiger partial charge < -0.3 is 5.32 Å². The summed E-state index contributed by atoms with van der Waals surface area (Å²) in [5, 5.41) is 9.96. The van der Waals surface area contributed by atoms with E-state index in [0.29, 0.717) is 12.2 Å². The maximum atomic E-state index is 12.3. The molecule has 1 aliphatic heterocycles. The Morgan fingerprint density at radius 1 is 1.19 bits per heavy atom. The number of carbonyl (C=O) groups is 1. The molecule has 2 N–H and O–H groups in total. The van der Waals surface area contributed by atoms with Crippen LogP contribution in [-0.2, 0) is 13.0 Å². The van der Waals surface area contributed by atoms with Crippen molar-refractivity contribution in [1.82, 2.24) is 25.4 Å². The lowest BCUT2D eigenvalue weighted by atomic mass is 10.00. The molecule has 0 saturated carbocycles. The molecule has 4 rings (SSSR count). The average molecular weight is 347 g/mol. The number of aromatic amines is 1. The van der Waals surface area contributed by atoms with E-state index >= 15 is 0 Å². The van der Waals surface area contributed by atoms with Gasteiger partial charge in [-0.1, -0.05) is 24.3 Å². The van der Waals surface area contributed by atoms with Crippen molar-refractivity contribution in [2.45, 2.75) is 13.0 Å². The summed E-state index contributed by atoms with van der Waals surface area (Å²) in [6.07, 6.45) is 4.51. The van der Waals surface area contributed by atoms with E-state index in [0.717, 1.165) is 37.3 Å². The third kappa shape index (κ3) is 3.65. The standard InChI is InChI=1S/C20H21N5O/c26-20(19-12-18(23-24-19)16-6-3-8-21-13-16)22-9-11-25-10-7-15-4-1-2-5-17(15)14-25/h1-6,8,12-13H,7,9-11,14H2,(H,22,26)(H,23,24). The number of fused-ring (bicyclic) bond motifs is 1. The largest absolute Gasteiger partial charge is 0.349 e. The van der Waals surface area contributed by atoms with Crippen LogP contribution in [-0.4, -0.2) is 45.6 Å². The molecule has 0 fully saturated rings. The predicted molar refractivity (Wildman–Crippen MR) is 99.6 cm³/mol. The highest BCUT2D eigenvalue weighted by Gasteiger charge is 2.16. The van der Waals surface area contributed by atoms with E-state index in [1.807, 2.05) is 12.1 Å². The summed E-state index contributed by atoms with van der Waals surface area (Å²) in [4.78, 5) is 18.8. The highest BCUT2D eigenvalue weighted by atomic mass is 16.1. The van der Waals surface area contributed by atoms with Crippen LogP contribution < -0.4 is 5.32 Å². The fourth-order valence-corrected chi connectivity index (χ4v) is 3.27. The lowest BCUT2D eigenvalue weighted by molar-refractivity contribution is 0.0942. The van der Waals surface area contributed by atoms with Crippen LogP contribution in [0.2, 0.25) is 0 Å². The Balaban J connectivity index is 1.29. The molecule has 1 amide bonds. The molecule has 0 aliphatic carbocycles. The van der Waals surface area contributed by atoms with Crippen molar-refractivity contribution in [3.63, 3.8) is 0 Å². The van der Waals surface area contributed by atoms with Crippen LogP contribution in [0.3, 0.4) is 0 Å². The number of nitrogens with zero attached hydrogens (tertiary/aromatic N) is 3. The molecular weight excluding hydrogens is 326 g/mol. The average Bonchev–Trinajstić information content (AvgIpc) is 3.19. The normalized spacial score (nSPS) is 14.0. The summed E-state index contributed by atoms with van der Waals surface area (Å²) in [6, 6.07) is 14.1. The molecule has 6 nitrogen and oxygen atoms in total. The van der Waals surface area contributed by atoms with Crippen molar-refractivity contribution >= 4 is 5.91 Å². The highest BCUT2D eigenvalue weighted by molar-refractivity contribution is 5.93. The zero-order valence-corrected chi connectivity index (χ0v) is 14.5. The molecule has 0 unspecified atom stereocenters. The summed E-state index contributed by atoms with van der Waals surface area (Å²) < 4.78 is 0. The fraction of sp³-hybridized carbons (Fsp3) is 0.250. The smallest absolute Gasteiger partial charge is 0.269 e. The summed E-state index contributed by atoms with van der Waals surface area (Å²) in [5.74, 6) is -0.134. The molecule has 26 heavy (non-hydrogen) atoms. The van der Waals surface area contributed by atoms with E-state index in [9.17, 15) is 4.79 Å². The Hall–Kier alpha value is -2.99. The highest BCUT2D eigenvalue weighted by Crippen LogP contribution is 2.18. The topological polar surface area (TPSA) is 73.9 Å². The van der Waals surface area contributed by atoms with Crippen LogP contribution in [0.1, 0.15) is 21.6 Å². The van der Waals surface area contributed by atoms with E-state index in [2.05, 4.69) is 49.7 Å². The molecule has 0 atom stereocenters. The van der Waals surface area contributed by atoms with Crippen LogP contribution in [0.5, 0.6) is 0 Å². The van der Waals surface area contributed by atoms with Gasteiger partial charge in [-0.25, -0.2) is 0 Å². The quantitative estimate of drug-likeness (QED) is 0.742. The van der Waals surface area contributed by atoms with Gasteiger partial charge >= 0.3 is 0 Å². The van der Waals surface area contributed by atoms with Crippen molar-refractivity contribution < 1.29 is 4.79 Å². The lowest BCUT2D eigenvalue weighted by Crippen LogP contribution is -2.37. The number of benzene rings is 1. The van der Waals surface area contributed by atoms with Gasteiger partial charge in [0.25, 0.3) is 5.91 Å². The van der Waals surface area contributed by atoms with Crippen molar-refractivity contribution in [2.75, 3.05) is 19.6 Å². The van der Waals surface area contributed by atoms with Gasteiger partial charge in [0.1, 0.15) is 5.69 Å². The van der Waals surface area contributed by atoms with Gasteiger partial charge in [-0.3, -0.25) is 19.8 Å².